The number of amides is 2. The van der Waals surface area contributed by atoms with Crippen LogP contribution < -0.4 is 21.7 Å². The monoisotopic (exact) mass is 202 g/mol. The molecule has 0 spiro atoms. The lowest BCUT2D eigenvalue weighted by molar-refractivity contribution is 0.218. The fourth-order valence-corrected chi connectivity index (χ4v) is 0.520. The van der Waals surface area contributed by atoms with Gasteiger partial charge in [0, 0.05) is 11.1 Å². The summed E-state index contributed by atoms with van der Waals surface area (Å²) >= 11 is 0. The van der Waals surface area contributed by atoms with Crippen LogP contribution in [0.4, 0.5) is 4.79 Å². The molecule has 5 heteroatoms. The number of carbonyl (C=O) groups excluding carboxylic acids is 1. The fourth-order valence-electron chi connectivity index (χ4n) is 0.520. The number of rotatable bonds is 2. The van der Waals surface area contributed by atoms with Gasteiger partial charge in [0.25, 0.3) is 0 Å². The van der Waals surface area contributed by atoms with Crippen molar-refractivity contribution in [3.63, 3.8) is 0 Å². The Labute approximate surface area is 86.0 Å². The van der Waals surface area contributed by atoms with Crippen molar-refractivity contribution in [2.45, 2.75) is 52.6 Å². The third-order valence-corrected chi connectivity index (χ3v) is 1.10. The molecular weight excluding hydrogens is 180 g/mol. The number of hydrogen-bond acceptors (Lipinski definition) is 3. The van der Waals surface area contributed by atoms with Gasteiger partial charge in [-0.1, -0.05) is 0 Å². The van der Waals surface area contributed by atoms with E-state index < -0.39 is 0 Å². The minimum atomic E-state index is -0.296. The quantitative estimate of drug-likeness (QED) is 0.503. The lowest BCUT2D eigenvalue weighted by Gasteiger charge is -2.24. The number of nitrogens with one attached hydrogen (secondary N) is 4. The third-order valence-electron chi connectivity index (χ3n) is 1.10. The summed E-state index contributed by atoms with van der Waals surface area (Å²) in [7, 11) is 0. The molecule has 0 saturated carbocycles. The second-order valence-electron chi connectivity index (χ2n) is 5.33. The summed E-state index contributed by atoms with van der Waals surface area (Å²) in [6.45, 7) is 11.8. The van der Waals surface area contributed by atoms with Crippen molar-refractivity contribution in [2.75, 3.05) is 0 Å². The molecule has 0 unspecified atom stereocenters. The molecule has 0 aliphatic rings. The Bertz CT molecular complexity index is 170. The van der Waals surface area contributed by atoms with E-state index in [9.17, 15) is 4.79 Å². The van der Waals surface area contributed by atoms with Gasteiger partial charge < -0.3 is 0 Å². The van der Waals surface area contributed by atoms with Crippen LogP contribution in [0.3, 0.4) is 0 Å². The third kappa shape index (κ3) is 9.28. The molecule has 84 valence electrons. The average Bonchev–Trinajstić information content (AvgIpc) is 1.94. The molecule has 0 atom stereocenters. The highest BCUT2D eigenvalue weighted by Crippen LogP contribution is 1.96. The number of hydrazine groups is 2. The van der Waals surface area contributed by atoms with Crippen LogP contribution in [0.1, 0.15) is 41.5 Å². The van der Waals surface area contributed by atoms with Gasteiger partial charge in [-0.05, 0) is 41.5 Å². The molecule has 5 nitrogen and oxygen atoms in total. The molecule has 0 rings (SSSR count). The standard InChI is InChI=1S/C9H22N4O/c1-8(2,3)12-10-7(14)11-13-9(4,5)6/h12-13H,1-6H3,(H2,10,11,14). The molecule has 0 fully saturated rings. The fraction of sp³-hybridized carbons (Fsp3) is 0.889. The molecule has 0 radical (unpaired) electrons. The maximum atomic E-state index is 11.2. The topological polar surface area (TPSA) is 65.2 Å². The number of hydrogen-bond donors (Lipinski definition) is 4. The van der Waals surface area contributed by atoms with Crippen LogP contribution in [0.2, 0.25) is 0 Å². The van der Waals surface area contributed by atoms with Gasteiger partial charge >= 0.3 is 6.03 Å². The zero-order chi connectivity index (χ0) is 11.4. The largest absolute Gasteiger partial charge is 0.343 e. The van der Waals surface area contributed by atoms with Crippen molar-refractivity contribution >= 4 is 6.03 Å². The van der Waals surface area contributed by atoms with Crippen molar-refractivity contribution in [1.29, 1.82) is 0 Å². The van der Waals surface area contributed by atoms with Crippen LogP contribution in [0.25, 0.3) is 0 Å². The van der Waals surface area contributed by atoms with Crippen LogP contribution in [0, 0.1) is 0 Å². The van der Waals surface area contributed by atoms with Crippen molar-refractivity contribution in [3.05, 3.63) is 0 Å². The van der Waals surface area contributed by atoms with Crippen molar-refractivity contribution in [3.8, 4) is 0 Å². The zero-order valence-electron chi connectivity index (χ0n) is 9.91. The summed E-state index contributed by atoms with van der Waals surface area (Å²) in [6.07, 6.45) is 0. The Morgan fingerprint density at radius 1 is 0.786 bits per heavy atom. The Hall–Kier alpha value is -0.810. The molecule has 0 heterocycles. The molecule has 0 aromatic rings. The van der Waals surface area contributed by atoms with Gasteiger partial charge in [-0.2, -0.15) is 0 Å². The summed E-state index contributed by atoms with van der Waals surface area (Å²) in [5, 5.41) is 0. The van der Waals surface area contributed by atoms with Gasteiger partial charge in [0.1, 0.15) is 0 Å². The molecule has 0 aromatic carbocycles. The molecule has 0 saturated heterocycles. The number of urea groups is 1. The highest BCUT2D eigenvalue weighted by atomic mass is 16.2. The van der Waals surface area contributed by atoms with E-state index in [0.29, 0.717) is 0 Å². The van der Waals surface area contributed by atoms with Gasteiger partial charge in [0.2, 0.25) is 0 Å². The van der Waals surface area contributed by atoms with E-state index in [1.54, 1.807) is 0 Å². The van der Waals surface area contributed by atoms with Gasteiger partial charge in [0.15, 0.2) is 0 Å². The normalized spacial score (nSPS) is 12.4. The van der Waals surface area contributed by atoms with Crippen molar-refractivity contribution < 1.29 is 4.79 Å². The highest BCUT2D eigenvalue weighted by molar-refractivity contribution is 5.72. The smallest absolute Gasteiger partial charge is 0.272 e. The predicted molar refractivity (Wildman–Crippen MR) is 57.4 cm³/mol. The number of carbonyl (C=O) groups is 1. The SMILES string of the molecule is CC(C)(C)NNC(=O)NNC(C)(C)C. The molecule has 0 bridgehead atoms. The van der Waals surface area contributed by atoms with E-state index in [-0.39, 0.29) is 17.1 Å². The first-order valence-corrected chi connectivity index (χ1v) is 4.70. The zero-order valence-corrected chi connectivity index (χ0v) is 9.91. The maximum absolute atomic E-state index is 11.2. The predicted octanol–water partition coefficient (Wildman–Crippen LogP) is 0.892. The Kier molecular flexibility index (Phi) is 4.35. The maximum Gasteiger partial charge on any atom is 0.343 e. The molecule has 4 N–H and O–H groups in total. The lowest BCUT2D eigenvalue weighted by Crippen LogP contribution is -2.57. The second-order valence-corrected chi connectivity index (χ2v) is 5.33. The molecule has 2 amide bonds. The van der Waals surface area contributed by atoms with E-state index in [1.165, 1.54) is 0 Å². The Balaban J connectivity index is 3.68. The van der Waals surface area contributed by atoms with E-state index in [0.717, 1.165) is 0 Å². The van der Waals surface area contributed by atoms with Crippen LogP contribution >= 0.6 is 0 Å². The minimum absolute atomic E-state index is 0.140. The average molecular weight is 202 g/mol. The van der Waals surface area contributed by atoms with Crippen LogP contribution in [-0.4, -0.2) is 17.1 Å². The lowest BCUT2D eigenvalue weighted by atomic mass is 10.1. The van der Waals surface area contributed by atoms with E-state index >= 15 is 0 Å². The molecular formula is C9H22N4O. The first-order chi connectivity index (χ1) is 6.10. The summed E-state index contributed by atoms with van der Waals surface area (Å²) in [6, 6.07) is -0.296. The Morgan fingerprint density at radius 3 is 1.29 bits per heavy atom. The first-order valence-electron chi connectivity index (χ1n) is 4.70. The Morgan fingerprint density at radius 2 is 1.07 bits per heavy atom. The summed E-state index contributed by atoms with van der Waals surface area (Å²) in [4.78, 5) is 11.2. The van der Waals surface area contributed by atoms with E-state index in [4.69, 9.17) is 0 Å². The molecule has 14 heavy (non-hydrogen) atoms. The summed E-state index contributed by atoms with van der Waals surface area (Å²) in [5.74, 6) is 0. The second kappa shape index (κ2) is 4.61. The van der Waals surface area contributed by atoms with Gasteiger partial charge in [-0.3, -0.25) is 10.9 Å². The van der Waals surface area contributed by atoms with Crippen molar-refractivity contribution in [2.24, 2.45) is 0 Å². The van der Waals surface area contributed by atoms with Crippen LogP contribution in [-0.2, 0) is 0 Å². The van der Waals surface area contributed by atoms with E-state index in [1.807, 2.05) is 41.5 Å². The van der Waals surface area contributed by atoms with Gasteiger partial charge in [0.05, 0.1) is 0 Å². The summed E-state index contributed by atoms with van der Waals surface area (Å²) in [5.41, 5.74) is 10.5. The van der Waals surface area contributed by atoms with Crippen molar-refractivity contribution in [1.82, 2.24) is 21.7 Å². The summed E-state index contributed by atoms with van der Waals surface area (Å²) < 4.78 is 0. The highest BCUT2D eigenvalue weighted by Gasteiger charge is 2.12. The first kappa shape index (κ1) is 13.2. The van der Waals surface area contributed by atoms with E-state index in [2.05, 4.69) is 21.7 Å². The van der Waals surface area contributed by atoms with Crippen LogP contribution in [0.15, 0.2) is 0 Å². The van der Waals surface area contributed by atoms with Gasteiger partial charge in [-0.15, -0.1) is 0 Å². The van der Waals surface area contributed by atoms with Gasteiger partial charge in [-0.25, -0.2) is 15.6 Å². The molecule has 0 aliphatic heterocycles. The molecule has 0 aliphatic carbocycles. The van der Waals surface area contributed by atoms with Crippen LogP contribution in [0.5, 0.6) is 0 Å². The minimum Gasteiger partial charge on any atom is -0.272 e. The molecule has 0 aromatic heterocycles.